The second kappa shape index (κ2) is 5.59. The van der Waals surface area contributed by atoms with Crippen LogP contribution in [0.3, 0.4) is 0 Å². The number of fused-ring (bicyclic) bond motifs is 7. The van der Waals surface area contributed by atoms with Gasteiger partial charge in [-0.15, -0.1) is 0 Å². The van der Waals surface area contributed by atoms with E-state index in [0.29, 0.717) is 12.8 Å². The van der Waals surface area contributed by atoms with Gasteiger partial charge in [0.25, 0.3) is 0 Å². The van der Waals surface area contributed by atoms with Crippen LogP contribution in [0.5, 0.6) is 0 Å². The first-order valence-corrected chi connectivity index (χ1v) is 10.7. The maximum atomic E-state index is 12.6. The zero-order chi connectivity index (χ0) is 21.0. The van der Waals surface area contributed by atoms with Gasteiger partial charge in [0, 0.05) is 16.7 Å². The number of carboxylic acids is 1. The fourth-order valence-corrected chi connectivity index (χ4v) is 7.79. The molecule has 2 N–H and O–H groups in total. The van der Waals surface area contributed by atoms with Gasteiger partial charge in [0.1, 0.15) is 6.10 Å². The molecule has 4 fully saturated rings. The molecule has 0 aromatic carbocycles. The Labute approximate surface area is 170 Å². The Balaban J connectivity index is 1.59. The van der Waals surface area contributed by atoms with Gasteiger partial charge in [-0.3, -0.25) is 4.79 Å². The van der Waals surface area contributed by atoms with Crippen LogP contribution in [-0.2, 0) is 19.1 Å². The largest absolute Gasteiger partial charge is 0.479 e. The highest BCUT2D eigenvalue weighted by Crippen LogP contribution is 2.70. The molecule has 5 rings (SSSR count). The number of rotatable bonds is 1. The molecular formula is C23H30O6. The van der Waals surface area contributed by atoms with Crippen LogP contribution in [0.4, 0.5) is 0 Å². The van der Waals surface area contributed by atoms with Crippen molar-refractivity contribution in [3.05, 3.63) is 23.8 Å². The summed E-state index contributed by atoms with van der Waals surface area (Å²) in [6.07, 6.45) is 6.73. The predicted molar refractivity (Wildman–Crippen MR) is 104 cm³/mol. The van der Waals surface area contributed by atoms with Crippen molar-refractivity contribution in [2.24, 2.45) is 28.6 Å². The third-order valence-corrected chi connectivity index (χ3v) is 8.81. The first-order chi connectivity index (χ1) is 13.4. The van der Waals surface area contributed by atoms with Crippen LogP contribution in [0.1, 0.15) is 53.4 Å². The van der Waals surface area contributed by atoms with Gasteiger partial charge >= 0.3 is 5.97 Å². The van der Waals surface area contributed by atoms with Crippen LogP contribution >= 0.6 is 0 Å². The SMILES string of the molecule is CC1(C)O[C@H]2C[C@H]3[C@@H]4CCC5=CC(=O)C=C[C@@]5(C)[C@@H]4[C@@H](O)C[C@@]3(C)[C@@]2(C(=O)O)O1. The van der Waals surface area contributed by atoms with Gasteiger partial charge in [0.15, 0.2) is 17.2 Å². The van der Waals surface area contributed by atoms with Crippen molar-refractivity contribution < 1.29 is 29.3 Å². The molecule has 1 aliphatic heterocycles. The number of aliphatic carboxylic acids is 1. The number of ether oxygens (including phenoxy) is 2. The van der Waals surface area contributed by atoms with Crippen molar-refractivity contribution in [2.75, 3.05) is 0 Å². The molecule has 0 unspecified atom stereocenters. The first kappa shape index (κ1) is 19.5. The van der Waals surface area contributed by atoms with Crippen molar-refractivity contribution in [3.63, 3.8) is 0 Å². The van der Waals surface area contributed by atoms with Crippen LogP contribution in [-0.4, -0.2) is 45.6 Å². The number of hydrogen-bond donors (Lipinski definition) is 2. The smallest absolute Gasteiger partial charge is 0.339 e. The fraction of sp³-hybridized carbons (Fsp3) is 0.739. The van der Waals surface area contributed by atoms with E-state index in [1.807, 2.05) is 13.0 Å². The van der Waals surface area contributed by atoms with Gasteiger partial charge in [0.05, 0.1) is 6.10 Å². The average molecular weight is 402 g/mol. The normalized spacial score (nSPS) is 52.2. The molecule has 29 heavy (non-hydrogen) atoms. The third-order valence-electron chi connectivity index (χ3n) is 8.81. The van der Waals surface area contributed by atoms with Crippen LogP contribution in [0.25, 0.3) is 0 Å². The second-order valence-corrected chi connectivity index (χ2v) is 10.6. The van der Waals surface area contributed by atoms with E-state index in [2.05, 4.69) is 6.92 Å². The van der Waals surface area contributed by atoms with Crippen LogP contribution in [0, 0.1) is 28.6 Å². The summed E-state index contributed by atoms with van der Waals surface area (Å²) >= 11 is 0. The maximum Gasteiger partial charge on any atom is 0.339 e. The molecule has 4 aliphatic carbocycles. The predicted octanol–water partition coefficient (Wildman–Crippen LogP) is 2.85. The molecular weight excluding hydrogens is 372 g/mol. The zero-order valence-electron chi connectivity index (χ0n) is 17.5. The molecule has 0 bridgehead atoms. The van der Waals surface area contributed by atoms with Crippen LogP contribution in [0.15, 0.2) is 23.8 Å². The standard InChI is InChI=1S/C23H30O6/c1-20(2)28-17-10-15-14-6-5-12-9-13(24)7-8-21(12,3)18(14)16(25)11-22(15,4)23(17,29-20)19(26)27/h7-9,14-18,25H,5-6,10-11H2,1-4H3,(H,26,27)/t14-,15-,16-,17-,18-,21+,22+,23+/m0/s1. The van der Waals surface area contributed by atoms with Crippen molar-refractivity contribution in [2.45, 2.75) is 77.0 Å². The molecule has 6 heteroatoms. The molecule has 0 spiro atoms. The van der Waals surface area contributed by atoms with Crippen molar-refractivity contribution in [1.29, 1.82) is 0 Å². The van der Waals surface area contributed by atoms with Crippen LogP contribution < -0.4 is 0 Å². The van der Waals surface area contributed by atoms with E-state index in [1.165, 1.54) is 0 Å². The lowest BCUT2D eigenvalue weighted by atomic mass is 9.46. The number of aliphatic hydroxyl groups excluding tert-OH is 1. The van der Waals surface area contributed by atoms with Crippen LogP contribution in [0.2, 0.25) is 0 Å². The van der Waals surface area contributed by atoms with Crippen molar-refractivity contribution >= 4 is 11.8 Å². The molecule has 0 amide bonds. The Kier molecular flexibility index (Phi) is 3.75. The summed E-state index contributed by atoms with van der Waals surface area (Å²) in [4.78, 5) is 24.5. The molecule has 8 atom stereocenters. The molecule has 1 heterocycles. The minimum Gasteiger partial charge on any atom is -0.479 e. The third kappa shape index (κ3) is 2.23. The number of allylic oxidation sites excluding steroid dienone is 4. The van der Waals surface area contributed by atoms with Crippen molar-refractivity contribution in [3.8, 4) is 0 Å². The Morgan fingerprint density at radius 3 is 2.66 bits per heavy atom. The monoisotopic (exact) mass is 402 g/mol. The molecule has 1 saturated heterocycles. The lowest BCUT2D eigenvalue weighted by molar-refractivity contribution is -0.232. The van der Waals surface area contributed by atoms with Crippen molar-refractivity contribution in [1.82, 2.24) is 0 Å². The number of carbonyl (C=O) groups excluding carboxylic acids is 1. The van der Waals surface area contributed by atoms with Gasteiger partial charge in [-0.05, 0) is 63.5 Å². The molecule has 0 radical (unpaired) electrons. The van der Waals surface area contributed by atoms with E-state index in [9.17, 15) is 19.8 Å². The number of hydrogen-bond acceptors (Lipinski definition) is 5. The van der Waals surface area contributed by atoms with Gasteiger partial charge in [-0.2, -0.15) is 0 Å². The molecule has 0 aromatic rings. The highest BCUT2D eigenvalue weighted by molar-refractivity contribution is 6.01. The highest BCUT2D eigenvalue weighted by Gasteiger charge is 2.77. The topological polar surface area (TPSA) is 93.1 Å². The lowest BCUT2D eigenvalue weighted by Crippen LogP contribution is -2.63. The van der Waals surface area contributed by atoms with E-state index in [-0.39, 0.29) is 29.0 Å². The van der Waals surface area contributed by atoms with E-state index >= 15 is 0 Å². The Morgan fingerprint density at radius 1 is 1.24 bits per heavy atom. The summed E-state index contributed by atoms with van der Waals surface area (Å²) in [5, 5.41) is 21.7. The van der Waals surface area contributed by atoms with E-state index in [1.54, 1.807) is 26.0 Å². The number of aliphatic hydroxyl groups is 1. The first-order valence-electron chi connectivity index (χ1n) is 10.7. The average Bonchev–Trinajstić information content (AvgIpc) is 3.02. The summed E-state index contributed by atoms with van der Waals surface area (Å²) in [7, 11) is 0. The van der Waals surface area contributed by atoms with E-state index in [0.717, 1.165) is 18.4 Å². The minimum atomic E-state index is -1.44. The minimum absolute atomic E-state index is 0.00956. The van der Waals surface area contributed by atoms with E-state index in [4.69, 9.17) is 9.47 Å². The van der Waals surface area contributed by atoms with Gasteiger partial charge in [-0.1, -0.05) is 25.5 Å². The molecule has 0 aromatic heterocycles. The zero-order valence-corrected chi connectivity index (χ0v) is 17.5. The maximum absolute atomic E-state index is 12.6. The molecule has 6 nitrogen and oxygen atoms in total. The van der Waals surface area contributed by atoms with Gasteiger partial charge in [0.2, 0.25) is 0 Å². The van der Waals surface area contributed by atoms with Gasteiger partial charge in [-0.25, -0.2) is 4.79 Å². The number of carbonyl (C=O) groups is 2. The fourth-order valence-electron chi connectivity index (χ4n) is 7.79. The number of carboxylic acid groups (broad SMARTS) is 1. The number of ketones is 1. The van der Waals surface area contributed by atoms with E-state index < -0.39 is 35.0 Å². The Morgan fingerprint density at radius 2 is 1.97 bits per heavy atom. The lowest BCUT2D eigenvalue weighted by Gasteiger charge is -2.59. The molecule has 5 aliphatic rings. The molecule has 158 valence electrons. The van der Waals surface area contributed by atoms with Gasteiger partial charge < -0.3 is 19.7 Å². The summed E-state index contributed by atoms with van der Waals surface area (Å²) in [6.45, 7) is 7.62. The Bertz CT molecular complexity index is 857. The Hall–Kier alpha value is -1.50. The summed E-state index contributed by atoms with van der Waals surface area (Å²) < 4.78 is 12.3. The quantitative estimate of drug-likeness (QED) is 0.701. The highest BCUT2D eigenvalue weighted by atomic mass is 16.8. The summed E-state index contributed by atoms with van der Waals surface area (Å²) in [6, 6.07) is 0. The second-order valence-electron chi connectivity index (χ2n) is 10.6. The molecule has 3 saturated carbocycles. The summed E-state index contributed by atoms with van der Waals surface area (Å²) in [5.74, 6) is -1.74. The summed E-state index contributed by atoms with van der Waals surface area (Å²) in [5.41, 5.74) is -1.44.